The normalized spacial score (nSPS) is 18.3. The van der Waals surface area contributed by atoms with Crippen LogP contribution in [0.15, 0.2) is 28.8 Å². The molecule has 0 radical (unpaired) electrons. The Morgan fingerprint density at radius 1 is 1.50 bits per heavy atom. The zero-order valence-corrected chi connectivity index (χ0v) is 13.0. The summed E-state index contributed by atoms with van der Waals surface area (Å²) < 4.78 is 5.23. The second-order valence-corrected chi connectivity index (χ2v) is 5.84. The summed E-state index contributed by atoms with van der Waals surface area (Å²) in [5.41, 5.74) is 0.688. The van der Waals surface area contributed by atoms with E-state index < -0.39 is 0 Å². The number of amides is 2. The van der Waals surface area contributed by atoms with E-state index in [1.807, 2.05) is 6.07 Å². The molecule has 7 heteroatoms. The second-order valence-electron chi connectivity index (χ2n) is 5.41. The van der Waals surface area contributed by atoms with E-state index in [2.05, 4.69) is 15.5 Å². The third-order valence-electron chi connectivity index (χ3n) is 3.68. The molecule has 1 fully saturated rings. The van der Waals surface area contributed by atoms with E-state index in [4.69, 9.17) is 16.1 Å². The molecular formula is C15H17ClN4O2. The molecule has 2 aromatic rings. The van der Waals surface area contributed by atoms with Crippen molar-refractivity contribution in [2.75, 3.05) is 18.4 Å². The minimum atomic E-state index is -0.136. The van der Waals surface area contributed by atoms with E-state index in [-0.39, 0.29) is 11.9 Å². The van der Waals surface area contributed by atoms with Gasteiger partial charge in [-0.05, 0) is 38.0 Å². The van der Waals surface area contributed by atoms with Crippen molar-refractivity contribution in [3.05, 3.63) is 41.0 Å². The smallest absolute Gasteiger partial charge is 0.321 e. The van der Waals surface area contributed by atoms with Gasteiger partial charge >= 0.3 is 6.03 Å². The van der Waals surface area contributed by atoms with Gasteiger partial charge in [0.1, 0.15) is 0 Å². The van der Waals surface area contributed by atoms with Gasteiger partial charge in [-0.2, -0.15) is 4.98 Å². The number of aromatic nitrogens is 2. The van der Waals surface area contributed by atoms with E-state index in [0.29, 0.717) is 29.0 Å². The zero-order valence-electron chi connectivity index (χ0n) is 12.3. The van der Waals surface area contributed by atoms with Gasteiger partial charge in [0.15, 0.2) is 5.82 Å². The highest BCUT2D eigenvalue weighted by atomic mass is 35.5. The number of nitrogens with one attached hydrogen (secondary N) is 1. The first-order valence-corrected chi connectivity index (χ1v) is 7.61. The Bertz CT molecular complexity index is 673. The highest BCUT2D eigenvalue weighted by Gasteiger charge is 2.28. The molecule has 0 spiro atoms. The first kappa shape index (κ1) is 14.8. The van der Waals surface area contributed by atoms with Crippen LogP contribution >= 0.6 is 11.6 Å². The lowest BCUT2D eigenvalue weighted by molar-refractivity contribution is 0.184. The van der Waals surface area contributed by atoms with Crippen molar-refractivity contribution in [3.63, 3.8) is 0 Å². The molecule has 1 aromatic carbocycles. The molecule has 1 N–H and O–H groups in total. The summed E-state index contributed by atoms with van der Waals surface area (Å²) in [5, 5.41) is 7.28. The molecule has 1 saturated heterocycles. The number of carbonyl (C=O) groups is 1. The number of hydrogen-bond donors (Lipinski definition) is 1. The molecule has 2 amide bonds. The van der Waals surface area contributed by atoms with E-state index >= 15 is 0 Å². The second kappa shape index (κ2) is 6.36. The van der Waals surface area contributed by atoms with Gasteiger partial charge < -0.3 is 14.7 Å². The van der Waals surface area contributed by atoms with Gasteiger partial charge in [0.25, 0.3) is 0 Å². The number of carbonyl (C=O) groups excluding carboxylic acids is 1. The highest BCUT2D eigenvalue weighted by molar-refractivity contribution is 6.30. The Morgan fingerprint density at radius 3 is 3.09 bits per heavy atom. The van der Waals surface area contributed by atoms with Crippen LogP contribution in [0.2, 0.25) is 5.02 Å². The molecule has 22 heavy (non-hydrogen) atoms. The summed E-state index contributed by atoms with van der Waals surface area (Å²) in [5.74, 6) is 1.33. The van der Waals surface area contributed by atoms with Gasteiger partial charge in [0.2, 0.25) is 5.89 Å². The predicted octanol–water partition coefficient (Wildman–Crippen LogP) is 3.44. The van der Waals surface area contributed by atoms with Crippen LogP contribution in [0.3, 0.4) is 0 Å². The number of aryl methyl sites for hydroxylation is 1. The first-order valence-electron chi connectivity index (χ1n) is 7.23. The Kier molecular flexibility index (Phi) is 4.29. The summed E-state index contributed by atoms with van der Waals surface area (Å²) in [4.78, 5) is 18.4. The molecule has 1 aromatic heterocycles. The fraction of sp³-hybridized carbons (Fsp3) is 0.400. The highest BCUT2D eigenvalue weighted by Crippen LogP contribution is 2.26. The number of halogens is 1. The van der Waals surface area contributed by atoms with E-state index in [1.165, 1.54) is 0 Å². The molecule has 3 rings (SSSR count). The number of anilines is 1. The average molecular weight is 321 g/mol. The fourth-order valence-corrected chi connectivity index (χ4v) is 2.80. The van der Waals surface area contributed by atoms with Crippen molar-refractivity contribution in [1.29, 1.82) is 0 Å². The molecule has 0 unspecified atom stereocenters. The maximum atomic E-state index is 12.4. The SMILES string of the molecule is Cc1noc([C@H]2CCCN(C(=O)Nc3cccc(Cl)c3)C2)n1. The summed E-state index contributed by atoms with van der Waals surface area (Å²) >= 11 is 5.93. The average Bonchev–Trinajstić information content (AvgIpc) is 2.94. The minimum Gasteiger partial charge on any atom is -0.339 e. The Hall–Kier alpha value is -2.08. The predicted molar refractivity (Wildman–Crippen MR) is 83.1 cm³/mol. The molecule has 0 saturated carbocycles. The van der Waals surface area contributed by atoms with Crippen LogP contribution in [0.4, 0.5) is 10.5 Å². The van der Waals surface area contributed by atoms with Crippen LogP contribution in [0.5, 0.6) is 0 Å². The van der Waals surface area contributed by atoms with Crippen molar-refractivity contribution < 1.29 is 9.32 Å². The van der Waals surface area contributed by atoms with Crippen LogP contribution in [-0.4, -0.2) is 34.2 Å². The quantitative estimate of drug-likeness (QED) is 0.920. The summed E-state index contributed by atoms with van der Waals surface area (Å²) in [6, 6.07) is 6.97. The van der Waals surface area contributed by atoms with E-state index in [9.17, 15) is 4.79 Å². The topological polar surface area (TPSA) is 71.3 Å². The van der Waals surface area contributed by atoms with Crippen molar-refractivity contribution in [2.45, 2.75) is 25.7 Å². The van der Waals surface area contributed by atoms with E-state index in [1.54, 1.807) is 30.0 Å². The molecule has 1 aliphatic rings. The molecule has 116 valence electrons. The lowest BCUT2D eigenvalue weighted by Crippen LogP contribution is -2.41. The molecule has 6 nitrogen and oxygen atoms in total. The Morgan fingerprint density at radius 2 is 2.36 bits per heavy atom. The molecule has 0 bridgehead atoms. The van der Waals surface area contributed by atoms with E-state index in [0.717, 1.165) is 19.4 Å². The standard InChI is InChI=1S/C15H17ClN4O2/c1-10-17-14(22-19-10)11-4-3-7-20(9-11)15(21)18-13-6-2-5-12(16)8-13/h2,5-6,8,11H,3-4,7,9H2,1H3,(H,18,21)/t11-/m0/s1. The zero-order chi connectivity index (χ0) is 15.5. The number of likely N-dealkylation sites (tertiary alicyclic amines) is 1. The van der Waals surface area contributed by atoms with Gasteiger partial charge in [-0.1, -0.05) is 22.8 Å². The lowest BCUT2D eigenvalue weighted by Gasteiger charge is -2.31. The third kappa shape index (κ3) is 3.39. The number of rotatable bonds is 2. The number of urea groups is 1. The van der Waals surface area contributed by atoms with Crippen molar-refractivity contribution in [3.8, 4) is 0 Å². The van der Waals surface area contributed by atoms with Crippen LogP contribution in [-0.2, 0) is 0 Å². The van der Waals surface area contributed by atoms with Crippen LogP contribution in [0.25, 0.3) is 0 Å². The van der Waals surface area contributed by atoms with Crippen molar-refractivity contribution >= 4 is 23.3 Å². The molecule has 2 heterocycles. The van der Waals surface area contributed by atoms with Crippen LogP contribution < -0.4 is 5.32 Å². The molecule has 1 aliphatic heterocycles. The molecular weight excluding hydrogens is 304 g/mol. The van der Waals surface area contributed by atoms with Crippen LogP contribution in [0.1, 0.15) is 30.5 Å². The molecule has 0 aliphatic carbocycles. The maximum absolute atomic E-state index is 12.4. The monoisotopic (exact) mass is 320 g/mol. The van der Waals surface area contributed by atoms with Gasteiger partial charge in [0, 0.05) is 23.8 Å². The Labute approximate surface area is 133 Å². The number of nitrogens with zero attached hydrogens (tertiary/aromatic N) is 3. The first-order chi connectivity index (χ1) is 10.6. The van der Waals surface area contributed by atoms with Gasteiger partial charge in [-0.3, -0.25) is 0 Å². The fourth-order valence-electron chi connectivity index (χ4n) is 2.61. The number of piperidine rings is 1. The molecule has 1 atom stereocenters. The van der Waals surface area contributed by atoms with Crippen molar-refractivity contribution in [2.24, 2.45) is 0 Å². The lowest BCUT2D eigenvalue weighted by atomic mass is 9.98. The number of hydrogen-bond acceptors (Lipinski definition) is 4. The Balaban J connectivity index is 1.65. The summed E-state index contributed by atoms with van der Waals surface area (Å²) in [6.45, 7) is 3.09. The largest absolute Gasteiger partial charge is 0.339 e. The third-order valence-corrected chi connectivity index (χ3v) is 3.91. The minimum absolute atomic E-state index is 0.0973. The maximum Gasteiger partial charge on any atom is 0.321 e. The summed E-state index contributed by atoms with van der Waals surface area (Å²) in [7, 11) is 0. The van der Waals surface area contributed by atoms with Crippen molar-refractivity contribution in [1.82, 2.24) is 15.0 Å². The summed E-state index contributed by atoms with van der Waals surface area (Å²) in [6.07, 6.45) is 1.86. The van der Waals surface area contributed by atoms with Crippen LogP contribution in [0, 0.1) is 6.92 Å². The van der Waals surface area contributed by atoms with Gasteiger partial charge in [-0.15, -0.1) is 0 Å². The van der Waals surface area contributed by atoms with Gasteiger partial charge in [0.05, 0.1) is 5.92 Å². The van der Waals surface area contributed by atoms with Gasteiger partial charge in [-0.25, -0.2) is 4.79 Å². The number of benzene rings is 1.